The van der Waals surface area contributed by atoms with Gasteiger partial charge in [0.25, 0.3) is 5.91 Å². The van der Waals surface area contributed by atoms with Gasteiger partial charge in [-0.3, -0.25) is 9.59 Å². The van der Waals surface area contributed by atoms with E-state index in [9.17, 15) is 9.59 Å². The number of rotatable bonds is 6. The topological polar surface area (TPSA) is 61.9 Å². The number of carbonyl (C=O) groups excluding carboxylic acids is 2. The summed E-state index contributed by atoms with van der Waals surface area (Å²) in [7, 11) is 0. The van der Waals surface area contributed by atoms with E-state index in [1.54, 1.807) is 12.1 Å². The standard InChI is InChI=1S/C26H35N3O3/c1-6-19(2)32-23-9-7-8-20(18-23)24(30)27-21-10-12-22(13-11-21)28-14-16-29(17-15-28)25(31)26(3,4)5/h7-13,18-19H,6,14-17H2,1-5H3,(H,27,30)/t19-/m1/s1. The third kappa shape index (κ3) is 6.02. The maximum absolute atomic E-state index is 12.7. The third-order valence-corrected chi connectivity index (χ3v) is 5.71. The van der Waals surface area contributed by atoms with Gasteiger partial charge in [-0.25, -0.2) is 0 Å². The number of ether oxygens (including phenoxy) is 1. The zero-order valence-corrected chi connectivity index (χ0v) is 19.9. The quantitative estimate of drug-likeness (QED) is 0.704. The molecule has 1 aliphatic rings. The summed E-state index contributed by atoms with van der Waals surface area (Å²) in [5, 5.41) is 2.96. The fraction of sp³-hybridized carbons (Fsp3) is 0.462. The van der Waals surface area contributed by atoms with Crippen LogP contribution in [0.25, 0.3) is 0 Å². The molecule has 6 nitrogen and oxygen atoms in total. The van der Waals surface area contributed by atoms with Gasteiger partial charge in [0.2, 0.25) is 5.91 Å². The summed E-state index contributed by atoms with van der Waals surface area (Å²) in [6.07, 6.45) is 1.01. The van der Waals surface area contributed by atoms with Crippen molar-refractivity contribution in [1.29, 1.82) is 0 Å². The lowest BCUT2D eigenvalue weighted by atomic mass is 9.94. The SMILES string of the molecule is CC[C@@H](C)Oc1cccc(C(=O)Nc2ccc(N3CCN(C(=O)C(C)(C)C)CC3)cc2)c1. The van der Waals surface area contributed by atoms with Gasteiger partial charge < -0.3 is 19.9 Å². The van der Waals surface area contributed by atoms with Crippen LogP contribution in [0.4, 0.5) is 11.4 Å². The van der Waals surface area contributed by atoms with Crippen LogP contribution in [-0.2, 0) is 4.79 Å². The molecule has 3 rings (SSSR count). The number of amides is 2. The van der Waals surface area contributed by atoms with Crippen LogP contribution in [-0.4, -0.2) is 49.0 Å². The zero-order chi connectivity index (χ0) is 23.3. The van der Waals surface area contributed by atoms with Crippen molar-refractivity contribution in [3.8, 4) is 5.75 Å². The Morgan fingerprint density at radius 1 is 1.03 bits per heavy atom. The molecule has 0 bridgehead atoms. The minimum absolute atomic E-state index is 0.106. The second-order valence-electron chi connectivity index (χ2n) is 9.39. The minimum Gasteiger partial charge on any atom is -0.491 e. The average molecular weight is 438 g/mol. The van der Waals surface area contributed by atoms with Gasteiger partial charge in [0.15, 0.2) is 0 Å². The molecule has 0 radical (unpaired) electrons. The van der Waals surface area contributed by atoms with E-state index >= 15 is 0 Å². The Balaban J connectivity index is 1.57. The molecule has 0 aliphatic carbocycles. The second-order valence-corrected chi connectivity index (χ2v) is 9.39. The van der Waals surface area contributed by atoms with E-state index in [0.29, 0.717) is 11.3 Å². The summed E-state index contributed by atoms with van der Waals surface area (Å²) in [6.45, 7) is 13.0. The molecule has 32 heavy (non-hydrogen) atoms. The van der Waals surface area contributed by atoms with Gasteiger partial charge in [0.1, 0.15) is 5.75 Å². The molecule has 2 amide bonds. The van der Waals surface area contributed by atoms with Crippen LogP contribution >= 0.6 is 0 Å². The van der Waals surface area contributed by atoms with Crippen molar-refractivity contribution in [3.05, 3.63) is 54.1 Å². The van der Waals surface area contributed by atoms with E-state index in [1.807, 2.05) is 69.0 Å². The molecule has 172 valence electrons. The lowest BCUT2D eigenvalue weighted by Crippen LogP contribution is -2.51. The van der Waals surface area contributed by atoms with Crippen LogP contribution in [0.3, 0.4) is 0 Å². The van der Waals surface area contributed by atoms with E-state index in [-0.39, 0.29) is 23.3 Å². The van der Waals surface area contributed by atoms with Crippen molar-refractivity contribution in [2.45, 2.75) is 47.1 Å². The van der Waals surface area contributed by atoms with Crippen molar-refractivity contribution >= 4 is 23.2 Å². The lowest BCUT2D eigenvalue weighted by molar-refractivity contribution is -0.139. The van der Waals surface area contributed by atoms with Gasteiger partial charge in [-0.15, -0.1) is 0 Å². The minimum atomic E-state index is -0.345. The molecule has 6 heteroatoms. The first-order chi connectivity index (χ1) is 15.2. The van der Waals surface area contributed by atoms with E-state index in [1.165, 1.54) is 0 Å². The molecule has 2 aromatic rings. The van der Waals surface area contributed by atoms with Gasteiger partial charge >= 0.3 is 0 Å². The highest BCUT2D eigenvalue weighted by Crippen LogP contribution is 2.23. The van der Waals surface area contributed by atoms with Crippen LogP contribution in [0.1, 0.15) is 51.4 Å². The highest BCUT2D eigenvalue weighted by atomic mass is 16.5. The molecule has 0 spiro atoms. The van der Waals surface area contributed by atoms with Crippen molar-refractivity contribution in [2.24, 2.45) is 5.41 Å². The second kappa shape index (κ2) is 10.1. The Morgan fingerprint density at radius 3 is 2.28 bits per heavy atom. The van der Waals surface area contributed by atoms with Crippen molar-refractivity contribution in [2.75, 3.05) is 36.4 Å². The molecule has 1 fully saturated rings. The largest absolute Gasteiger partial charge is 0.491 e. The Kier molecular flexibility index (Phi) is 7.44. The Hall–Kier alpha value is -3.02. The maximum atomic E-state index is 12.7. The fourth-order valence-corrected chi connectivity index (χ4v) is 3.63. The van der Waals surface area contributed by atoms with E-state index < -0.39 is 0 Å². The Labute approximate surface area is 191 Å². The molecule has 1 atom stereocenters. The average Bonchev–Trinajstić information content (AvgIpc) is 2.78. The van der Waals surface area contributed by atoms with E-state index in [2.05, 4.69) is 17.1 Å². The summed E-state index contributed by atoms with van der Waals surface area (Å²) < 4.78 is 5.82. The number of piperazine rings is 1. The molecule has 2 aromatic carbocycles. The van der Waals surface area contributed by atoms with Gasteiger partial charge in [0.05, 0.1) is 6.10 Å². The lowest BCUT2D eigenvalue weighted by Gasteiger charge is -2.38. The van der Waals surface area contributed by atoms with Crippen molar-refractivity contribution < 1.29 is 14.3 Å². The highest BCUT2D eigenvalue weighted by molar-refractivity contribution is 6.04. The molecule has 0 unspecified atom stereocenters. The van der Waals surface area contributed by atoms with E-state index in [4.69, 9.17) is 4.74 Å². The van der Waals surface area contributed by atoms with E-state index in [0.717, 1.165) is 44.0 Å². The molecule has 1 heterocycles. The summed E-state index contributed by atoms with van der Waals surface area (Å²) in [4.78, 5) is 29.4. The first-order valence-corrected chi connectivity index (χ1v) is 11.4. The first-order valence-electron chi connectivity index (χ1n) is 11.4. The molecule has 1 aliphatic heterocycles. The molecule has 0 saturated carbocycles. The number of hydrogen-bond acceptors (Lipinski definition) is 4. The smallest absolute Gasteiger partial charge is 0.255 e. The molecule has 1 saturated heterocycles. The zero-order valence-electron chi connectivity index (χ0n) is 19.9. The van der Waals surface area contributed by atoms with Gasteiger partial charge in [-0.2, -0.15) is 0 Å². The van der Waals surface area contributed by atoms with Crippen LogP contribution in [0.2, 0.25) is 0 Å². The normalized spacial score (nSPS) is 15.3. The molecular formula is C26H35N3O3. The van der Waals surface area contributed by atoms with Crippen molar-refractivity contribution in [3.63, 3.8) is 0 Å². The Morgan fingerprint density at radius 2 is 1.69 bits per heavy atom. The number of hydrogen-bond donors (Lipinski definition) is 1. The fourth-order valence-electron chi connectivity index (χ4n) is 3.63. The number of nitrogens with zero attached hydrogens (tertiary/aromatic N) is 2. The van der Waals surface area contributed by atoms with Crippen LogP contribution in [0, 0.1) is 5.41 Å². The number of nitrogens with one attached hydrogen (secondary N) is 1. The monoisotopic (exact) mass is 437 g/mol. The van der Waals surface area contributed by atoms with Gasteiger partial charge in [0, 0.05) is 48.5 Å². The van der Waals surface area contributed by atoms with Gasteiger partial charge in [-0.1, -0.05) is 33.8 Å². The molecule has 1 N–H and O–H groups in total. The summed E-state index contributed by atoms with van der Waals surface area (Å²) >= 11 is 0. The van der Waals surface area contributed by atoms with Gasteiger partial charge in [-0.05, 0) is 55.8 Å². The number of benzene rings is 2. The van der Waals surface area contributed by atoms with Crippen LogP contribution in [0.15, 0.2) is 48.5 Å². The summed E-state index contributed by atoms with van der Waals surface area (Å²) in [5.41, 5.74) is 2.06. The van der Waals surface area contributed by atoms with Crippen molar-refractivity contribution in [1.82, 2.24) is 4.90 Å². The molecule has 0 aromatic heterocycles. The summed E-state index contributed by atoms with van der Waals surface area (Å²) in [5.74, 6) is 0.738. The molecular weight excluding hydrogens is 402 g/mol. The predicted molar refractivity (Wildman–Crippen MR) is 129 cm³/mol. The first kappa shape index (κ1) is 23.6. The summed E-state index contributed by atoms with van der Waals surface area (Å²) in [6, 6.07) is 15.1. The van der Waals surface area contributed by atoms with Crippen LogP contribution in [0.5, 0.6) is 5.75 Å². The highest BCUT2D eigenvalue weighted by Gasteiger charge is 2.29. The number of carbonyl (C=O) groups is 2. The van der Waals surface area contributed by atoms with Crippen LogP contribution < -0.4 is 15.0 Å². The predicted octanol–water partition coefficient (Wildman–Crippen LogP) is 4.81. The number of anilines is 2. The maximum Gasteiger partial charge on any atom is 0.255 e. The third-order valence-electron chi connectivity index (χ3n) is 5.71. The Bertz CT molecular complexity index is 926.